The molecule has 3 N–H and O–H groups in total. The number of carbonyl (C=O) groups excluding carboxylic acids is 2. The maximum atomic E-state index is 13.4. The smallest absolute Gasteiger partial charge is 0.329 e. The number of nitrogens with one attached hydrogen (secondary N) is 3. The van der Waals surface area contributed by atoms with Crippen molar-refractivity contribution < 1.29 is 27.5 Å². The van der Waals surface area contributed by atoms with Crippen LogP contribution in [0.2, 0.25) is 0 Å². The Morgan fingerprint density at radius 1 is 0.867 bits per heavy atom. The van der Waals surface area contributed by atoms with Gasteiger partial charge in [0.15, 0.2) is 0 Å². The van der Waals surface area contributed by atoms with E-state index in [4.69, 9.17) is 14.5 Å². The molecule has 0 spiro atoms. The molecule has 2 aromatic carbocycles. The van der Waals surface area contributed by atoms with Gasteiger partial charge in [-0.3, -0.25) is 33.4 Å². The van der Waals surface area contributed by atoms with E-state index in [1.165, 1.54) is 9.13 Å². The van der Waals surface area contributed by atoms with Crippen LogP contribution in [0.1, 0.15) is 93.8 Å². The fourth-order valence-electron chi connectivity index (χ4n) is 8.86. The van der Waals surface area contributed by atoms with Crippen molar-refractivity contribution in [3.8, 4) is 0 Å². The molecule has 4 heterocycles. The number of ether oxygens (including phenoxy) is 2. The molecule has 318 valence electrons. The minimum Gasteiger partial charge on any atom is -0.379 e. The first-order valence-corrected chi connectivity index (χ1v) is 22.4. The number of imide groups is 1. The zero-order valence-electron chi connectivity index (χ0n) is 34.0. The number of carbonyl (C=O) groups is 2. The van der Waals surface area contributed by atoms with Crippen molar-refractivity contribution in [2.45, 2.75) is 113 Å². The van der Waals surface area contributed by atoms with Crippen LogP contribution in [0.5, 0.6) is 0 Å². The Bertz CT molecular complexity index is 2640. The van der Waals surface area contributed by atoms with Gasteiger partial charge in [-0.25, -0.2) is 22.9 Å². The molecule has 17 heteroatoms. The van der Waals surface area contributed by atoms with Crippen LogP contribution < -0.4 is 26.6 Å². The second-order valence-corrected chi connectivity index (χ2v) is 18.0. The Hall–Kier alpha value is -5.23. The number of benzene rings is 2. The fourth-order valence-corrected chi connectivity index (χ4v) is 10.3. The summed E-state index contributed by atoms with van der Waals surface area (Å²) < 4.78 is 46.5. The van der Waals surface area contributed by atoms with E-state index in [-0.39, 0.29) is 46.7 Å². The zero-order chi connectivity index (χ0) is 42.0. The predicted octanol–water partition coefficient (Wildman–Crippen LogP) is 4.85. The molecular formula is C43H52N8O8S. The number of sulfonamides is 1. The highest BCUT2D eigenvalue weighted by atomic mass is 32.2. The van der Waals surface area contributed by atoms with Crippen molar-refractivity contribution >= 4 is 55.5 Å². The summed E-state index contributed by atoms with van der Waals surface area (Å²) in [7, 11) is -2.07. The van der Waals surface area contributed by atoms with E-state index < -0.39 is 22.0 Å². The summed E-state index contributed by atoms with van der Waals surface area (Å²) in [6.45, 7) is 3.28. The number of aromatic nitrogens is 5. The maximum Gasteiger partial charge on any atom is 0.329 e. The standard InChI is InChI=1S/C43H52N8O8S/c1-27-24-33(15-16-34(27)45-42-44-26-29-10-20-39(53)50(40(29)47-42)31-7-3-4-8-31)60(56,57)48-30-11-13-32(14-12-30)59-23-22-58-21-5-6-28-9-17-35-37(25-28)49(2)43(55)51(35)36-18-19-38(52)46-41(36)54/h9-10,15-17,20,24-26,30-32,36,48H,3-8,11-14,18-19,21-23H2,1-2H3,(H,44,45,47)(H,46,52,54)/t30-,32-,36?. The first-order valence-electron chi connectivity index (χ1n) is 21.0. The summed E-state index contributed by atoms with van der Waals surface area (Å²) in [6.07, 6.45) is 10.7. The van der Waals surface area contributed by atoms with Gasteiger partial charge in [0.1, 0.15) is 11.7 Å². The van der Waals surface area contributed by atoms with Crippen LogP contribution in [-0.2, 0) is 42.6 Å². The first kappa shape index (κ1) is 41.5. The molecule has 2 aliphatic carbocycles. The van der Waals surface area contributed by atoms with Crippen molar-refractivity contribution in [2.75, 3.05) is 25.1 Å². The molecule has 1 saturated heterocycles. The van der Waals surface area contributed by atoms with E-state index in [0.717, 1.165) is 73.4 Å². The van der Waals surface area contributed by atoms with Crippen molar-refractivity contribution in [2.24, 2.45) is 7.05 Å². The third-order valence-corrected chi connectivity index (χ3v) is 13.6. The van der Waals surface area contributed by atoms with Crippen LogP contribution in [-0.4, -0.2) is 75.9 Å². The van der Waals surface area contributed by atoms with Gasteiger partial charge in [-0.1, -0.05) is 18.9 Å². The summed E-state index contributed by atoms with van der Waals surface area (Å²) >= 11 is 0. The average Bonchev–Trinajstić information content (AvgIpc) is 3.85. The first-order chi connectivity index (χ1) is 28.9. The number of pyridine rings is 1. The molecule has 16 nitrogen and oxygen atoms in total. The quantitative estimate of drug-likeness (QED) is 0.0963. The number of hydrogen-bond donors (Lipinski definition) is 3. The molecule has 1 atom stereocenters. The molecule has 0 radical (unpaired) electrons. The molecule has 2 saturated carbocycles. The SMILES string of the molecule is Cc1cc(S(=O)(=O)N[C@H]2CC[C@H](OCCOCCCc3ccc4c(c3)n(C)c(=O)n4C3CCC(=O)NC3=O)CC2)ccc1Nc1ncc2ccc(=O)n(C3CCCC3)c2n1. The number of fused-ring (bicyclic) bond motifs is 2. The van der Waals surface area contributed by atoms with E-state index in [0.29, 0.717) is 61.9 Å². The van der Waals surface area contributed by atoms with Gasteiger partial charge in [0, 0.05) is 55.5 Å². The molecule has 0 bridgehead atoms. The lowest BCUT2D eigenvalue weighted by molar-refractivity contribution is -0.135. The Balaban J connectivity index is 0.758. The molecule has 5 aromatic rings. The van der Waals surface area contributed by atoms with Gasteiger partial charge in [-0.15, -0.1) is 0 Å². The van der Waals surface area contributed by atoms with Gasteiger partial charge >= 0.3 is 5.69 Å². The van der Waals surface area contributed by atoms with Crippen molar-refractivity contribution in [3.63, 3.8) is 0 Å². The molecule has 3 aliphatic rings. The monoisotopic (exact) mass is 840 g/mol. The van der Waals surface area contributed by atoms with E-state index >= 15 is 0 Å². The molecule has 8 rings (SSSR count). The van der Waals surface area contributed by atoms with Crippen molar-refractivity contribution in [1.82, 2.24) is 33.7 Å². The molecule has 3 fully saturated rings. The normalized spacial score (nSPS) is 20.3. The van der Waals surface area contributed by atoms with Gasteiger partial charge in [-0.2, -0.15) is 4.98 Å². The average molecular weight is 841 g/mol. The van der Waals surface area contributed by atoms with E-state index in [2.05, 4.69) is 20.3 Å². The van der Waals surface area contributed by atoms with Gasteiger partial charge in [0.05, 0.1) is 35.2 Å². The second kappa shape index (κ2) is 17.8. The molecule has 1 aliphatic heterocycles. The summed E-state index contributed by atoms with van der Waals surface area (Å²) in [5.74, 6) is -0.431. The Morgan fingerprint density at radius 2 is 1.67 bits per heavy atom. The van der Waals surface area contributed by atoms with Crippen molar-refractivity contribution in [1.29, 1.82) is 0 Å². The van der Waals surface area contributed by atoms with E-state index in [1.54, 1.807) is 48.1 Å². The number of aryl methyl sites for hydroxylation is 3. The van der Waals surface area contributed by atoms with E-state index in [9.17, 15) is 27.6 Å². The molecule has 60 heavy (non-hydrogen) atoms. The maximum absolute atomic E-state index is 13.4. The highest BCUT2D eigenvalue weighted by Gasteiger charge is 2.31. The molecule has 1 unspecified atom stereocenters. The van der Waals surface area contributed by atoms with Crippen molar-refractivity contribution in [3.05, 3.63) is 86.7 Å². The van der Waals surface area contributed by atoms with Crippen LogP contribution in [0.4, 0.5) is 11.6 Å². The Kier molecular flexibility index (Phi) is 12.3. The second-order valence-electron chi connectivity index (χ2n) is 16.2. The molecule has 3 aromatic heterocycles. The number of hydrogen-bond acceptors (Lipinski definition) is 11. The lowest BCUT2D eigenvalue weighted by Gasteiger charge is -2.29. The number of anilines is 2. The summed E-state index contributed by atoms with van der Waals surface area (Å²) in [5.41, 5.74) is 4.08. The molecular weight excluding hydrogens is 789 g/mol. The van der Waals surface area contributed by atoms with Crippen LogP contribution in [0.25, 0.3) is 22.1 Å². The van der Waals surface area contributed by atoms with Gasteiger partial charge in [-0.05, 0) is 112 Å². The number of imidazole rings is 1. The number of rotatable bonds is 15. The predicted molar refractivity (Wildman–Crippen MR) is 226 cm³/mol. The topological polar surface area (TPSA) is 198 Å². The number of piperidine rings is 1. The highest BCUT2D eigenvalue weighted by Crippen LogP contribution is 2.31. The van der Waals surface area contributed by atoms with Gasteiger partial charge in [0.2, 0.25) is 27.8 Å². The van der Waals surface area contributed by atoms with Crippen LogP contribution in [0, 0.1) is 6.92 Å². The summed E-state index contributed by atoms with van der Waals surface area (Å²) in [6, 6.07) is 13.3. The van der Waals surface area contributed by atoms with Crippen LogP contribution >= 0.6 is 0 Å². The summed E-state index contributed by atoms with van der Waals surface area (Å²) in [4.78, 5) is 59.3. The van der Waals surface area contributed by atoms with Crippen LogP contribution in [0.3, 0.4) is 0 Å². The van der Waals surface area contributed by atoms with Gasteiger partial charge < -0.3 is 14.8 Å². The number of nitrogens with zero attached hydrogens (tertiary/aromatic N) is 5. The minimum absolute atomic E-state index is 0.0398. The van der Waals surface area contributed by atoms with Gasteiger partial charge in [0.25, 0.3) is 5.56 Å². The highest BCUT2D eigenvalue weighted by molar-refractivity contribution is 7.89. The third-order valence-electron chi connectivity index (χ3n) is 12.1. The third kappa shape index (κ3) is 8.94. The summed E-state index contributed by atoms with van der Waals surface area (Å²) in [5, 5.41) is 6.35. The van der Waals surface area contributed by atoms with Crippen LogP contribution in [0.15, 0.2) is 69.2 Å². The Labute approximate surface area is 347 Å². The lowest BCUT2D eigenvalue weighted by Crippen LogP contribution is -2.44. The molecule has 2 amide bonds. The largest absolute Gasteiger partial charge is 0.379 e. The Morgan fingerprint density at radius 3 is 2.43 bits per heavy atom. The number of amides is 2. The lowest BCUT2D eigenvalue weighted by atomic mass is 9.94. The minimum atomic E-state index is -3.76. The fraction of sp³-hybridized carbons (Fsp3) is 0.488. The zero-order valence-corrected chi connectivity index (χ0v) is 34.8. The van der Waals surface area contributed by atoms with E-state index in [1.807, 2.05) is 25.1 Å².